The standard InChI is InChI=1S/C19H18ClN3/c1-22-10-11-23(13-14-4-2-3-5-18(14)22)19-8-9-21-17-12-15(20)6-7-16(17)19/h2-9,12H,10-11,13H2,1H3. The van der Waals surface area contributed by atoms with Crippen LogP contribution in [-0.4, -0.2) is 25.1 Å². The molecule has 0 spiro atoms. The Balaban J connectivity index is 1.80. The maximum Gasteiger partial charge on any atom is 0.0737 e. The van der Waals surface area contributed by atoms with E-state index in [9.17, 15) is 0 Å². The zero-order chi connectivity index (χ0) is 15.8. The topological polar surface area (TPSA) is 19.4 Å². The van der Waals surface area contributed by atoms with Crippen molar-refractivity contribution >= 4 is 33.9 Å². The minimum atomic E-state index is 0.725. The lowest BCUT2D eigenvalue weighted by atomic mass is 10.1. The molecule has 0 radical (unpaired) electrons. The third-order valence-electron chi connectivity index (χ3n) is 4.49. The number of para-hydroxylation sites is 1. The molecule has 1 aliphatic heterocycles. The number of halogens is 1. The van der Waals surface area contributed by atoms with Crippen LogP contribution in [0.2, 0.25) is 5.02 Å². The molecule has 0 atom stereocenters. The van der Waals surface area contributed by atoms with Crippen molar-refractivity contribution in [2.45, 2.75) is 6.54 Å². The zero-order valence-corrected chi connectivity index (χ0v) is 13.8. The summed E-state index contributed by atoms with van der Waals surface area (Å²) in [7, 11) is 2.16. The number of anilines is 2. The maximum absolute atomic E-state index is 6.11. The Kier molecular flexibility index (Phi) is 3.58. The second-order valence-corrected chi connectivity index (χ2v) is 6.40. The fourth-order valence-corrected chi connectivity index (χ4v) is 3.45. The van der Waals surface area contributed by atoms with Gasteiger partial charge in [-0.2, -0.15) is 0 Å². The smallest absolute Gasteiger partial charge is 0.0737 e. The molecular weight excluding hydrogens is 306 g/mol. The molecule has 3 nitrogen and oxygen atoms in total. The number of fused-ring (bicyclic) bond motifs is 2. The lowest BCUT2D eigenvalue weighted by Gasteiger charge is -2.24. The van der Waals surface area contributed by atoms with Crippen molar-refractivity contribution < 1.29 is 0 Å². The number of pyridine rings is 1. The molecule has 0 unspecified atom stereocenters. The second-order valence-electron chi connectivity index (χ2n) is 5.96. The van der Waals surface area contributed by atoms with Crippen LogP contribution in [0.5, 0.6) is 0 Å². The van der Waals surface area contributed by atoms with E-state index >= 15 is 0 Å². The van der Waals surface area contributed by atoms with Gasteiger partial charge in [0.1, 0.15) is 0 Å². The highest BCUT2D eigenvalue weighted by molar-refractivity contribution is 6.31. The molecule has 116 valence electrons. The molecule has 0 fully saturated rings. The van der Waals surface area contributed by atoms with E-state index in [1.807, 2.05) is 18.3 Å². The van der Waals surface area contributed by atoms with Gasteiger partial charge in [0, 0.05) is 54.7 Å². The first-order chi connectivity index (χ1) is 11.2. The van der Waals surface area contributed by atoms with Gasteiger partial charge in [-0.15, -0.1) is 0 Å². The molecule has 0 amide bonds. The van der Waals surface area contributed by atoms with Crippen LogP contribution in [0.3, 0.4) is 0 Å². The second kappa shape index (κ2) is 5.74. The van der Waals surface area contributed by atoms with E-state index in [4.69, 9.17) is 11.6 Å². The first-order valence-corrected chi connectivity index (χ1v) is 8.18. The first-order valence-electron chi connectivity index (χ1n) is 7.80. The molecule has 1 aromatic heterocycles. The number of hydrogen-bond donors (Lipinski definition) is 0. The summed E-state index contributed by atoms with van der Waals surface area (Å²) in [6, 6.07) is 16.7. The molecule has 2 aromatic carbocycles. The summed E-state index contributed by atoms with van der Waals surface area (Å²) in [4.78, 5) is 9.22. The van der Waals surface area contributed by atoms with E-state index in [-0.39, 0.29) is 0 Å². The van der Waals surface area contributed by atoms with Gasteiger partial charge < -0.3 is 9.80 Å². The minimum absolute atomic E-state index is 0.725. The largest absolute Gasteiger partial charge is 0.373 e. The summed E-state index contributed by atoms with van der Waals surface area (Å²) >= 11 is 6.11. The monoisotopic (exact) mass is 323 g/mol. The van der Waals surface area contributed by atoms with Crippen LogP contribution >= 0.6 is 11.6 Å². The van der Waals surface area contributed by atoms with Crippen molar-refractivity contribution in [2.75, 3.05) is 29.9 Å². The highest BCUT2D eigenvalue weighted by Crippen LogP contribution is 2.31. The molecule has 4 rings (SSSR count). The Morgan fingerprint density at radius 2 is 1.87 bits per heavy atom. The third-order valence-corrected chi connectivity index (χ3v) is 4.73. The van der Waals surface area contributed by atoms with Crippen molar-refractivity contribution in [3.05, 3.63) is 65.3 Å². The lowest BCUT2D eigenvalue weighted by Crippen LogP contribution is -2.29. The van der Waals surface area contributed by atoms with Gasteiger partial charge in [-0.25, -0.2) is 0 Å². The summed E-state index contributed by atoms with van der Waals surface area (Å²) in [5, 5.41) is 1.88. The molecule has 0 bridgehead atoms. The summed E-state index contributed by atoms with van der Waals surface area (Å²) in [6.07, 6.45) is 1.87. The number of nitrogens with zero attached hydrogens (tertiary/aromatic N) is 3. The Morgan fingerprint density at radius 1 is 1.00 bits per heavy atom. The van der Waals surface area contributed by atoms with Gasteiger partial charge in [-0.1, -0.05) is 29.8 Å². The fourth-order valence-electron chi connectivity index (χ4n) is 3.28. The number of rotatable bonds is 1. The summed E-state index contributed by atoms with van der Waals surface area (Å²) < 4.78 is 0. The van der Waals surface area contributed by atoms with Crippen molar-refractivity contribution in [1.29, 1.82) is 0 Å². The predicted molar refractivity (Wildman–Crippen MR) is 97.5 cm³/mol. The molecule has 3 aromatic rings. The van der Waals surface area contributed by atoms with E-state index in [2.05, 4.69) is 58.2 Å². The van der Waals surface area contributed by atoms with Crippen LogP contribution in [0.1, 0.15) is 5.56 Å². The average molecular weight is 324 g/mol. The Morgan fingerprint density at radius 3 is 2.78 bits per heavy atom. The van der Waals surface area contributed by atoms with Gasteiger partial charge in [0.25, 0.3) is 0 Å². The van der Waals surface area contributed by atoms with Crippen LogP contribution < -0.4 is 9.80 Å². The highest BCUT2D eigenvalue weighted by Gasteiger charge is 2.19. The lowest BCUT2D eigenvalue weighted by molar-refractivity contribution is 0.800. The average Bonchev–Trinajstić information content (AvgIpc) is 2.74. The highest BCUT2D eigenvalue weighted by atomic mass is 35.5. The van der Waals surface area contributed by atoms with Gasteiger partial charge in [0.2, 0.25) is 0 Å². The van der Waals surface area contributed by atoms with Crippen molar-refractivity contribution in [3.8, 4) is 0 Å². The van der Waals surface area contributed by atoms with Gasteiger partial charge in [-0.05, 0) is 35.9 Å². The van der Waals surface area contributed by atoms with Crippen molar-refractivity contribution in [1.82, 2.24) is 4.98 Å². The van der Waals surface area contributed by atoms with Crippen LogP contribution in [0.15, 0.2) is 54.7 Å². The van der Waals surface area contributed by atoms with E-state index in [0.717, 1.165) is 35.6 Å². The summed E-state index contributed by atoms with van der Waals surface area (Å²) in [5.41, 5.74) is 4.83. The number of hydrogen-bond acceptors (Lipinski definition) is 3. The Bertz CT molecular complexity index is 862. The molecule has 4 heteroatoms. The van der Waals surface area contributed by atoms with Crippen LogP contribution in [0.4, 0.5) is 11.4 Å². The summed E-state index contributed by atoms with van der Waals surface area (Å²) in [6.45, 7) is 2.88. The SMILES string of the molecule is CN1CCN(c2ccnc3cc(Cl)ccc23)Cc2ccccc21. The van der Waals surface area contributed by atoms with E-state index in [1.165, 1.54) is 16.9 Å². The molecule has 0 saturated carbocycles. The van der Waals surface area contributed by atoms with Crippen LogP contribution in [0, 0.1) is 0 Å². The quantitative estimate of drug-likeness (QED) is 0.664. The molecule has 0 aliphatic carbocycles. The predicted octanol–water partition coefficient (Wildman–Crippen LogP) is 4.34. The molecular formula is C19H18ClN3. The zero-order valence-electron chi connectivity index (χ0n) is 13.0. The summed E-state index contributed by atoms with van der Waals surface area (Å²) in [5.74, 6) is 0. The van der Waals surface area contributed by atoms with Crippen molar-refractivity contribution in [2.24, 2.45) is 0 Å². The van der Waals surface area contributed by atoms with Crippen molar-refractivity contribution in [3.63, 3.8) is 0 Å². The third kappa shape index (κ3) is 2.62. The Labute approximate surface area is 141 Å². The van der Waals surface area contributed by atoms with Gasteiger partial charge in [-0.3, -0.25) is 4.98 Å². The van der Waals surface area contributed by atoms with Gasteiger partial charge in [0.05, 0.1) is 5.52 Å². The normalized spacial score (nSPS) is 14.7. The van der Waals surface area contributed by atoms with Crippen LogP contribution in [0.25, 0.3) is 10.9 Å². The molecule has 0 saturated heterocycles. The maximum atomic E-state index is 6.11. The molecule has 23 heavy (non-hydrogen) atoms. The number of aromatic nitrogens is 1. The van der Waals surface area contributed by atoms with E-state index < -0.39 is 0 Å². The fraction of sp³-hybridized carbons (Fsp3) is 0.211. The number of benzene rings is 2. The van der Waals surface area contributed by atoms with Gasteiger partial charge >= 0.3 is 0 Å². The molecule has 1 aliphatic rings. The molecule has 0 N–H and O–H groups in total. The van der Waals surface area contributed by atoms with E-state index in [1.54, 1.807) is 0 Å². The van der Waals surface area contributed by atoms with E-state index in [0.29, 0.717) is 0 Å². The molecule has 2 heterocycles. The number of likely N-dealkylation sites (N-methyl/N-ethyl adjacent to an activating group) is 1. The van der Waals surface area contributed by atoms with Crippen LogP contribution in [-0.2, 0) is 6.54 Å². The first kappa shape index (κ1) is 14.3. The minimum Gasteiger partial charge on any atom is -0.373 e. The van der Waals surface area contributed by atoms with Gasteiger partial charge in [0.15, 0.2) is 0 Å². The Hall–Kier alpha value is -2.26.